The number of ether oxygens (including phenoxy) is 3. The summed E-state index contributed by atoms with van der Waals surface area (Å²) in [7, 11) is 1.89. The number of hydrogen-bond donors (Lipinski definition) is 1. The summed E-state index contributed by atoms with van der Waals surface area (Å²) in [6.45, 7) is 3.21. The summed E-state index contributed by atoms with van der Waals surface area (Å²) in [5, 5.41) is 11.5. The van der Waals surface area contributed by atoms with Crippen molar-refractivity contribution in [3.05, 3.63) is 60.4 Å². The van der Waals surface area contributed by atoms with Crippen LogP contribution in [-0.2, 0) is 18.2 Å². The first-order valence-electron chi connectivity index (χ1n) is 10.8. The standard InChI is InChI=1S/C23H25N7O3/c1-29-16-17(15-24-29)7-10-32-23-25-20(30-8-11-31-12-9-30)14-21(26-23)33-22-13-19(27-28-22)18-5-3-2-4-6-18/h2-6,13-16H,7-12H2,1H3,(H,27,28). The highest BCUT2D eigenvalue weighted by atomic mass is 16.5. The minimum Gasteiger partial charge on any atom is -0.463 e. The second-order valence-electron chi connectivity index (χ2n) is 7.66. The number of nitrogens with one attached hydrogen (secondary N) is 1. The highest BCUT2D eigenvalue weighted by molar-refractivity contribution is 5.59. The van der Waals surface area contributed by atoms with Gasteiger partial charge < -0.3 is 19.1 Å². The van der Waals surface area contributed by atoms with Gasteiger partial charge in [-0.2, -0.15) is 15.1 Å². The summed E-state index contributed by atoms with van der Waals surface area (Å²) in [6.07, 6.45) is 4.49. The molecule has 0 aliphatic carbocycles. The molecular formula is C23H25N7O3. The lowest BCUT2D eigenvalue weighted by atomic mass is 10.2. The quantitative estimate of drug-likeness (QED) is 0.440. The largest absolute Gasteiger partial charge is 0.463 e. The Morgan fingerprint density at radius 2 is 1.91 bits per heavy atom. The molecule has 170 valence electrons. The molecule has 0 radical (unpaired) electrons. The average Bonchev–Trinajstić information content (AvgIpc) is 3.49. The first kappa shape index (κ1) is 21.0. The topological polar surface area (TPSA) is 103 Å². The fourth-order valence-electron chi connectivity index (χ4n) is 3.55. The molecule has 0 saturated carbocycles. The third-order valence-corrected chi connectivity index (χ3v) is 5.23. The van der Waals surface area contributed by atoms with Crippen molar-refractivity contribution in [2.75, 3.05) is 37.8 Å². The Morgan fingerprint density at radius 1 is 1.06 bits per heavy atom. The fraction of sp³-hybridized carbons (Fsp3) is 0.304. The summed E-state index contributed by atoms with van der Waals surface area (Å²) in [5.41, 5.74) is 2.97. The summed E-state index contributed by atoms with van der Waals surface area (Å²) < 4.78 is 19.1. The molecule has 33 heavy (non-hydrogen) atoms. The molecule has 0 bridgehead atoms. The minimum absolute atomic E-state index is 0.261. The monoisotopic (exact) mass is 447 g/mol. The number of nitrogens with zero attached hydrogens (tertiary/aromatic N) is 6. The van der Waals surface area contributed by atoms with Crippen molar-refractivity contribution in [2.45, 2.75) is 6.42 Å². The van der Waals surface area contributed by atoms with Crippen LogP contribution < -0.4 is 14.4 Å². The maximum absolute atomic E-state index is 5.98. The molecule has 4 heterocycles. The predicted octanol–water partition coefficient (Wildman–Crippen LogP) is 2.85. The second-order valence-corrected chi connectivity index (χ2v) is 7.66. The lowest BCUT2D eigenvalue weighted by molar-refractivity contribution is 0.122. The van der Waals surface area contributed by atoms with Crippen LogP contribution >= 0.6 is 0 Å². The van der Waals surface area contributed by atoms with Crippen LogP contribution in [0.15, 0.2) is 54.9 Å². The molecule has 1 aromatic carbocycles. The molecule has 1 aliphatic rings. The number of morpholine rings is 1. The van der Waals surface area contributed by atoms with Gasteiger partial charge in [-0.05, 0) is 11.1 Å². The molecule has 10 heteroatoms. The van der Waals surface area contributed by atoms with E-state index in [4.69, 9.17) is 14.2 Å². The fourth-order valence-corrected chi connectivity index (χ4v) is 3.55. The van der Waals surface area contributed by atoms with Crippen molar-refractivity contribution in [3.63, 3.8) is 0 Å². The van der Waals surface area contributed by atoms with Gasteiger partial charge in [0.1, 0.15) is 5.82 Å². The lowest BCUT2D eigenvalue weighted by Gasteiger charge is -2.28. The van der Waals surface area contributed by atoms with Crippen molar-refractivity contribution in [1.29, 1.82) is 0 Å². The molecule has 0 amide bonds. The Kier molecular flexibility index (Phi) is 6.16. The molecule has 10 nitrogen and oxygen atoms in total. The Labute approximate surface area is 191 Å². The number of anilines is 1. The van der Waals surface area contributed by atoms with Gasteiger partial charge in [-0.1, -0.05) is 30.3 Å². The molecule has 4 aromatic rings. The lowest BCUT2D eigenvalue weighted by Crippen LogP contribution is -2.36. The normalized spacial score (nSPS) is 13.8. The molecule has 0 spiro atoms. The van der Waals surface area contributed by atoms with Gasteiger partial charge in [-0.25, -0.2) is 0 Å². The average molecular weight is 447 g/mol. The van der Waals surface area contributed by atoms with E-state index in [2.05, 4.69) is 30.2 Å². The number of aromatic amines is 1. The maximum Gasteiger partial charge on any atom is 0.321 e. The van der Waals surface area contributed by atoms with Gasteiger partial charge in [-0.3, -0.25) is 9.78 Å². The first-order valence-corrected chi connectivity index (χ1v) is 10.8. The number of aryl methyl sites for hydroxylation is 1. The Balaban J connectivity index is 1.33. The first-order chi connectivity index (χ1) is 16.2. The maximum atomic E-state index is 5.98. The van der Waals surface area contributed by atoms with Crippen molar-refractivity contribution < 1.29 is 14.2 Å². The Hall–Kier alpha value is -3.92. The van der Waals surface area contributed by atoms with Crippen LogP contribution in [-0.4, -0.2) is 62.9 Å². The molecule has 1 N–H and O–H groups in total. The van der Waals surface area contributed by atoms with Crippen LogP contribution in [0.5, 0.6) is 17.8 Å². The van der Waals surface area contributed by atoms with Gasteiger partial charge in [0.2, 0.25) is 11.8 Å². The van der Waals surface area contributed by atoms with E-state index in [0.29, 0.717) is 38.0 Å². The number of hydrogen-bond acceptors (Lipinski definition) is 8. The van der Waals surface area contributed by atoms with Crippen molar-refractivity contribution in [2.24, 2.45) is 7.05 Å². The summed E-state index contributed by atoms with van der Waals surface area (Å²) in [4.78, 5) is 11.2. The van der Waals surface area contributed by atoms with E-state index in [1.54, 1.807) is 10.7 Å². The smallest absolute Gasteiger partial charge is 0.321 e. The van der Waals surface area contributed by atoms with E-state index in [1.807, 2.05) is 55.8 Å². The number of benzene rings is 1. The Morgan fingerprint density at radius 3 is 2.70 bits per heavy atom. The Bertz CT molecular complexity index is 1190. The molecule has 1 fully saturated rings. The van der Waals surface area contributed by atoms with Crippen LogP contribution in [0, 0.1) is 0 Å². The van der Waals surface area contributed by atoms with Crippen molar-refractivity contribution >= 4 is 5.82 Å². The van der Waals surface area contributed by atoms with Crippen LogP contribution in [0.1, 0.15) is 5.56 Å². The van der Waals surface area contributed by atoms with Crippen molar-refractivity contribution in [3.8, 4) is 29.0 Å². The van der Waals surface area contributed by atoms with Gasteiger partial charge >= 0.3 is 6.01 Å². The predicted molar refractivity (Wildman–Crippen MR) is 122 cm³/mol. The van der Waals surface area contributed by atoms with E-state index in [0.717, 1.165) is 35.7 Å². The van der Waals surface area contributed by atoms with Crippen LogP contribution in [0.2, 0.25) is 0 Å². The zero-order chi connectivity index (χ0) is 22.5. The van der Waals surface area contributed by atoms with E-state index < -0.39 is 0 Å². The third kappa shape index (κ3) is 5.29. The van der Waals surface area contributed by atoms with E-state index in [-0.39, 0.29) is 6.01 Å². The highest BCUT2D eigenvalue weighted by Gasteiger charge is 2.17. The molecule has 1 saturated heterocycles. The van der Waals surface area contributed by atoms with Gasteiger partial charge in [-0.15, -0.1) is 5.10 Å². The molecule has 3 aromatic heterocycles. The molecule has 0 unspecified atom stereocenters. The van der Waals surface area contributed by atoms with Crippen LogP contribution in [0.4, 0.5) is 5.82 Å². The SMILES string of the molecule is Cn1cc(CCOc2nc(Oc3cc(-c4ccccc4)[nH]n3)cc(N3CCOCC3)n2)cn1. The molecule has 1 aliphatic heterocycles. The number of rotatable bonds is 8. The summed E-state index contributed by atoms with van der Waals surface area (Å²) in [5.74, 6) is 1.52. The van der Waals surface area contributed by atoms with Gasteiger partial charge in [0, 0.05) is 44.9 Å². The van der Waals surface area contributed by atoms with Crippen LogP contribution in [0.3, 0.4) is 0 Å². The van der Waals surface area contributed by atoms with E-state index in [9.17, 15) is 0 Å². The third-order valence-electron chi connectivity index (χ3n) is 5.23. The van der Waals surface area contributed by atoms with E-state index >= 15 is 0 Å². The number of H-pyrrole nitrogens is 1. The van der Waals surface area contributed by atoms with E-state index in [1.165, 1.54) is 0 Å². The minimum atomic E-state index is 0.261. The van der Waals surface area contributed by atoms with Crippen LogP contribution in [0.25, 0.3) is 11.3 Å². The van der Waals surface area contributed by atoms with Gasteiger partial charge in [0.05, 0.1) is 31.7 Å². The molecule has 5 rings (SSSR count). The highest BCUT2D eigenvalue weighted by Crippen LogP contribution is 2.27. The zero-order valence-electron chi connectivity index (χ0n) is 18.3. The van der Waals surface area contributed by atoms with Gasteiger partial charge in [0.15, 0.2) is 0 Å². The number of aromatic nitrogens is 6. The zero-order valence-corrected chi connectivity index (χ0v) is 18.3. The summed E-state index contributed by atoms with van der Waals surface area (Å²) >= 11 is 0. The van der Waals surface area contributed by atoms with Crippen molar-refractivity contribution in [1.82, 2.24) is 29.9 Å². The summed E-state index contributed by atoms with van der Waals surface area (Å²) in [6, 6.07) is 13.8. The van der Waals surface area contributed by atoms with Gasteiger partial charge in [0.25, 0.3) is 0 Å². The molecule has 0 atom stereocenters. The molecular weight excluding hydrogens is 422 g/mol. The second kappa shape index (κ2) is 9.70.